The van der Waals surface area contributed by atoms with Crippen LogP contribution in [0.3, 0.4) is 0 Å². The summed E-state index contributed by atoms with van der Waals surface area (Å²) >= 11 is 0. The zero-order valence-electron chi connectivity index (χ0n) is 11.7. The summed E-state index contributed by atoms with van der Waals surface area (Å²) < 4.78 is 12.9. The summed E-state index contributed by atoms with van der Waals surface area (Å²) in [6.45, 7) is 7.93. The molecule has 1 nitrogen and oxygen atoms in total. The summed E-state index contributed by atoms with van der Waals surface area (Å²) in [5.74, 6) is 0.609. The Morgan fingerprint density at radius 3 is 2.44 bits per heavy atom. The van der Waals surface area contributed by atoms with E-state index in [0.717, 1.165) is 25.3 Å². The molecule has 0 heterocycles. The maximum Gasteiger partial charge on any atom is 0.123 e. The van der Waals surface area contributed by atoms with Gasteiger partial charge in [0.05, 0.1) is 0 Å². The molecule has 0 aliphatic heterocycles. The van der Waals surface area contributed by atoms with Crippen molar-refractivity contribution < 1.29 is 4.39 Å². The monoisotopic (exact) mass is 249 g/mol. The van der Waals surface area contributed by atoms with Gasteiger partial charge < -0.3 is 5.32 Å². The summed E-state index contributed by atoms with van der Waals surface area (Å²) in [5, 5.41) is 3.66. The highest BCUT2D eigenvalue weighted by molar-refractivity contribution is 5.18. The lowest BCUT2D eigenvalue weighted by atomic mass is 9.97. The summed E-state index contributed by atoms with van der Waals surface area (Å²) in [5.41, 5.74) is 1.71. The van der Waals surface area contributed by atoms with E-state index in [9.17, 15) is 4.39 Å². The van der Waals surface area contributed by atoms with E-state index >= 15 is 0 Å². The lowest BCUT2D eigenvalue weighted by Gasteiger charge is -2.20. The Balaban J connectivity index is 1.99. The van der Waals surface area contributed by atoms with Gasteiger partial charge >= 0.3 is 0 Å². The minimum atomic E-state index is -0.149. The van der Waals surface area contributed by atoms with E-state index in [1.165, 1.54) is 12.0 Å². The van der Waals surface area contributed by atoms with E-state index in [-0.39, 0.29) is 5.82 Å². The number of hydrogen-bond donors (Lipinski definition) is 1. The SMILES string of the molecule is CCCNC(Cc1ccc(F)cc1)C1CC1(C)C. The average Bonchev–Trinajstić information content (AvgIpc) is 2.96. The third kappa shape index (κ3) is 3.32. The maximum atomic E-state index is 12.9. The number of rotatable bonds is 6. The molecule has 2 rings (SSSR count). The van der Waals surface area contributed by atoms with Crippen molar-refractivity contribution in [3.05, 3.63) is 35.6 Å². The van der Waals surface area contributed by atoms with Crippen molar-refractivity contribution >= 4 is 0 Å². The molecular formula is C16H24FN. The fraction of sp³-hybridized carbons (Fsp3) is 0.625. The van der Waals surface area contributed by atoms with E-state index in [1.807, 2.05) is 12.1 Å². The molecule has 1 aliphatic rings. The molecule has 0 bridgehead atoms. The Hall–Kier alpha value is -0.890. The van der Waals surface area contributed by atoms with Gasteiger partial charge in [-0.1, -0.05) is 32.9 Å². The van der Waals surface area contributed by atoms with Crippen molar-refractivity contribution in [2.75, 3.05) is 6.54 Å². The normalized spacial score (nSPS) is 22.8. The highest BCUT2D eigenvalue weighted by Gasteiger charge is 2.49. The van der Waals surface area contributed by atoms with Gasteiger partial charge in [-0.25, -0.2) is 4.39 Å². The van der Waals surface area contributed by atoms with E-state index in [0.29, 0.717) is 11.5 Å². The Bertz CT molecular complexity index is 383. The van der Waals surface area contributed by atoms with E-state index in [1.54, 1.807) is 12.1 Å². The third-order valence-corrected chi connectivity index (χ3v) is 4.10. The van der Waals surface area contributed by atoms with Gasteiger partial charge in [-0.2, -0.15) is 0 Å². The molecular weight excluding hydrogens is 225 g/mol. The second kappa shape index (κ2) is 5.40. The van der Waals surface area contributed by atoms with Crippen LogP contribution < -0.4 is 5.32 Å². The summed E-state index contributed by atoms with van der Waals surface area (Å²) in [6, 6.07) is 7.47. The van der Waals surface area contributed by atoms with Crippen molar-refractivity contribution in [1.29, 1.82) is 0 Å². The van der Waals surface area contributed by atoms with Gasteiger partial charge in [0.1, 0.15) is 5.82 Å². The summed E-state index contributed by atoms with van der Waals surface area (Å²) in [6.07, 6.45) is 3.47. The van der Waals surface area contributed by atoms with Crippen LogP contribution in [0.1, 0.15) is 39.2 Å². The summed E-state index contributed by atoms with van der Waals surface area (Å²) in [4.78, 5) is 0. The maximum absolute atomic E-state index is 12.9. The predicted octanol–water partition coefficient (Wildman–Crippen LogP) is 3.78. The molecule has 1 aromatic rings. The van der Waals surface area contributed by atoms with Crippen molar-refractivity contribution in [3.8, 4) is 0 Å². The van der Waals surface area contributed by atoms with Crippen molar-refractivity contribution in [2.24, 2.45) is 11.3 Å². The van der Waals surface area contributed by atoms with Crippen LogP contribution in [0, 0.1) is 17.2 Å². The Morgan fingerprint density at radius 2 is 1.94 bits per heavy atom. The molecule has 0 amide bonds. The largest absolute Gasteiger partial charge is 0.313 e. The minimum absolute atomic E-state index is 0.149. The van der Waals surface area contributed by atoms with Gasteiger partial charge in [-0.3, -0.25) is 0 Å². The topological polar surface area (TPSA) is 12.0 Å². The van der Waals surface area contributed by atoms with E-state index < -0.39 is 0 Å². The highest BCUT2D eigenvalue weighted by atomic mass is 19.1. The first kappa shape index (κ1) is 13.5. The van der Waals surface area contributed by atoms with Gasteiger partial charge in [0.15, 0.2) is 0 Å². The molecule has 1 aromatic carbocycles. The first-order valence-corrected chi connectivity index (χ1v) is 7.01. The molecule has 2 heteroatoms. The average molecular weight is 249 g/mol. The zero-order chi connectivity index (χ0) is 13.2. The zero-order valence-corrected chi connectivity index (χ0v) is 11.7. The van der Waals surface area contributed by atoms with Crippen LogP contribution >= 0.6 is 0 Å². The number of benzene rings is 1. The molecule has 0 aromatic heterocycles. The molecule has 1 N–H and O–H groups in total. The van der Waals surface area contributed by atoms with Crippen LogP contribution in [0.2, 0.25) is 0 Å². The standard InChI is InChI=1S/C16H24FN/c1-4-9-18-15(14-11-16(14,2)3)10-12-5-7-13(17)8-6-12/h5-8,14-15,18H,4,9-11H2,1-3H3. The molecule has 0 saturated heterocycles. The Labute approximate surface area is 110 Å². The Kier molecular flexibility index (Phi) is 4.06. The van der Waals surface area contributed by atoms with Crippen LogP contribution in [-0.4, -0.2) is 12.6 Å². The van der Waals surface area contributed by atoms with Gasteiger partial charge in [-0.05, 0) is 54.8 Å². The molecule has 0 spiro atoms. The molecule has 18 heavy (non-hydrogen) atoms. The number of nitrogens with one attached hydrogen (secondary N) is 1. The second-order valence-corrected chi connectivity index (χ2v) is 6.19. The Morgan fingerprint density at radius 1 is 1.33 bits per heavy atom. The lowest BCUT2D eigenvalue weighted by Crippen LogP contribution is -2.35. The predicted molar refractivity (Wildman–Crippen MR) is 74.1 cm³/mol. The molecule has 0 radical (unpaired) electrons. The minimum Gasteiger partial charge on any atom is -0.313 e. The van der Waals surface area contributed by atoms with Gasteiger partial charge in [0.2, 0.25) is 0 Å². The number of hydrogen-bond acceptors (Lipinski definition) is 1. The summed E-state index contributed by atoms with van der Waals surface area (Å²) in [7, 11) is 0. The molecule has 1 fully saturated rings. The molecule has 2 unspecified atom stereocenters. The van der Waals surface area contributed by atoms with Gasteiger partial charge in [0.25, 0.3) is 0 Å². The van der Waals surface area contributed by atoms with Crippen molar-refractivity contribution in [1.82, 2.24) is 5.32 Å². The molecule has 1 saturated carbocycles. The van der Waals surface area contributed by atoms with Crippen LogP contribution in [0.15, 0.2) is 24.3 Å². The lowest BCUT2D eigenvalue weighted by molar-refractivity contribution is 0.402. The van der Waals surface area contributed by atoms with Crippen LogP contribution in [0.25, 0.3) is 0 Å². The van der Waals surface area contributed by atoms with Gasteiger partial charge in [0, 0.05) is 6.04 Å². The molecule has 100 valence electrons. The third-order valence-electron chi connectivity index (χ3n) is 4.10. The second-order valence-electron chi connectivity index (χ2n) is 6.19. The highest BCUT2D eigenvalue weighted by Crippen LogP contribution is 2.54. The first-order chi connectivity index (χ1) is 8.53. The van der Waals surface area contributed by atoms with E-state index in [2.05, 4.69) is 26.1 Å². The van der Waals surface area contributed by atoms with Crippen LogP contribution in [0.4, 0.5) is 4.39 Å². The first-order valence-electron chi connectivity index (χ1n) is 7.01. The van der Waals surface area contributed by atoms with Crippen molar-refractivity contribution in [3.63, 3.8) is 0 Å². The van der Waals surface area contributed by atoms with E-state index in [4.69, 9.17) is 0 Å². The van der Waals surface area contributed by atoms with Crippen LogP contribution in [0.5, 0.6) is 0 Å². The smallest absolute Gasteiger partial charge is 0.123 e. The fourth-order valence-electron chi connectivity index (χ4n) is 2.76. The quantitative estimate of drug-likeness (QED) is 0.809. The molecule has 2 atom stereocenters. The number of halogens is 1. The van der Waals surface area contributed by atoms with Gasteiger partial charge in [-0.15, -0.1) is 0 Å². The van der Waals surface area contributed by atoms with Crippen molar-refractivity contribution in [2.45, 2.75) is 46.1 Å². The molecule has 1 aliphatic carbocycles. The van der Waals surface area contributed by atoms with Crippen LogP contribution in [-0.2, 0) is 6.42 Å². The fourth-order valence-corrected chi connectivity index (χ4v) is 2.76.